The van der Waals surface area contributed by atoms with Crippen molar-refractivity contribution in [2.75, 3.05) is 0 Å². The molecule has 0 spiro atoms. The van der Waals surface area contributed by atoms with Crippen molar-refractivity contribution in [2.45, 2.75) is 45.8 Å². The molecule has 0 bridgehead atoms. The van der Waals surface area contributed by atoms with Gasteiger partial charge in [-0.05, 0) is 69.5 Å². The topological polar surface area (TPSA) is 90.8 Å². The third-order valence-corrected chi connectivity index (χ3v) is 4.65. The van der Waals surface area contributed by atoms with Gasteiger partial charge in [-0.3, -0.25) is 0 Å². The summed E-state index contributed by atoms with van der Waals surface area (Å²) < 4.78 is 5.36. The number of H-pyrrole nitrogens is 1. The molecule has 0 saturated carbocycles. The Bertz CT molecular complexity index is 1130. The SMILES string of the molecule is CC(C)(C)OC(=O)NC(C)(C)c1ccc(/C(C#N)=C/c2ccnc3[nH]ccc23)cc1. The number of nitrogens with zero attached hydrogens (tertiary/aromatic N) is 2. The van der Waals surface area contributed by atoms with Gasteiger partial charge in [-0.2, -0.15) is 5.26 Å². The van der Waals surface area contributed by atoms with Gasteiger partial charge in [0.15, 0.2) is 0 Å². The van der Waals surface area contributed by atoms with Crippen LogP contribution in [0.25, 0.3) is 22.7 Å². The number of pyridine rings is 1. The number of aromatic amines is 1. The number of nitriles is 1. The molecular formula is C24H26N4O2. The Labute approximate surface area is 176 Å². The van der Waals surface area contributed by atoms with Crippen LogP contribution in [0.3, 0.4) is 0 Å². The van der Waals surface area contributed by atoms with Crippen LogP contribution >= 0.6 is 0 Å². The summed E-state index contributed by atoms with van der Waals surface area (Å²) in [4.78, 5) is 19.5. The van der Waals surface area contributed by atoms with Gasteiger partial charge in [0, 0.05) is 17.8 Å². The quantitative estimate of drug-likeness (QED) is 0.573. The van der Waals surface area contributed by atoms with Gasteiger partial charge in [-0.1, -0.05) is 24.3 Å². The number of benzene rings is 1. The molecule has 154 valence electrons. The molecule has 0 fully saturated rings. The van der Waals surface area contributed by atoms with E-state index >= 15 is 0 Å². The summed E-state index contributed by atoms with van der Waals surface area (Å²) in [5, 5.41) is 13.6. The fraction of sp³-hybridized carbons (Fsp3) is 0.292. The number of ether oxygens (including phenoxy) is 1. The van der Waals surface area contributed by atoms with Gasteiger partial charge in [-0.25, -0.2) is 9.78 Å². The van der Waals surface area contributed by atoms with E-state index < -0.39 is 17.2 Å². The molecule has 0 aliphatic carbocycles. The summed E-state index contributed by atoms with van der Waals surface area (Å²) in [6.45, 7) is 9.30. The number of amides is 1. The van der Waals surface area contributed by atoms with E-state index in [4.69, 9.17) is 4.74 Å². The molecule has 2 N–H and O–H groups in total. The standard InChI is InChI=1S/C24H26N4O2/c1-23(2,3)30-22(29)28-24(4,5)19-8-6-16(7-9-19)18(15-25)14-17-10-12-26-21-20(17)11-13-27-21/h6-14H,1-5H3,(H,26,27)(H,28,29)/b18-14+. The van der Waals surface area contributed by atoms with Crippen LogP contribution in [0.2, 0.25) is 0 Å². The number of hydrogen-bond acceptors (Lipinski definition) is 4. The molecule has 2 aromatic heterocycles. The van der Waals surface area contributed by atoms with Crippen molar-refractivity contribution in [1.82, 2.24) is 15.3 Å². The first kappa shape index (κ1) is 21.1. The van der Waals surface area contributed by atoms with Crippen LogP contribution in [0.5, 0.6) is 0 Å². The number of alkyl carbamates (subject to hydrolysis) is 1. The fourth-order valence-electron chi connectivity index (χ4n) is 3.14. The number of allylic oxidation sites excluding steroid dienone is 1. The second-order valence-electron chi connectivity index (χ2n) is 8.64. The summed E-state index contributed by atoms with van der Waals surface area (Å²) in [5.74, 6) is 0. The first-order chi connectivity index (χ1) is 14.1. The van der Waals surface area contributed by atoms with Crippen LogP contribution in [0.4, 0.5) is 4.79 Å². The maximum atomic E-state index is 12.2. The van der Waals surface area contributed by atoms with Crippen molar-refractivity contribution in [3.05, 3.63) is 65.5 Å². The molecule has 3 rings (SSSR count). The molecular weight excluding hydrogens is 376 g/mol. The lowest BCUT2D eigenvalue weighted by Crippen LogP contribution is -2.43. The van der Waals surface area contributed by atoms with Gasteiger partial charge in [-0.15, -0.1) is 0 Å². The number of nitrogens with one attached hydrogen (secondary N) is 2. The van der Waals surface area contributed by atoms with E-state index in [0.717, 1.165) is 27.7 Å². The molecule has 1 aromatic carbocycles. The third-order valence-electron chi connectivity index (χ3n) is 4.65. The Kier molecular flexibility index (Phi) is 5.66. The minimum atomic E-state index is -0.625. The molecule has 3 aromatic rings. The maximum Gasteiger partial charge on any atom is 0.408 e. The zero-order chi connectivity index (χ0) is 21.9. The first-order valence-electron chi connectivity index (χ1n) is 9.75. The average Bonchev–Trinajstić information content (AvgIpc) is 3.14. The molecule has 0 radical (unpaired) electrons. The maximum absolute atomic E-state index is 12.2. The fourth-order valence-corrected chi connectivity index (χ4v) is 3.14. The third kappa shape index (κ3) is 4.87. The van der Waals surface area contributed by atoms with Crippen LogP contribution in [0.15, 0.2) is 48.8 Å². The number of fused-ring (bicyclic) bond motifs is 1. The normalized spacial score (nSPS) is 12.5. The second-order valence-corrected chi connectivity index (χ2v) is 8.64. The van der Waals surface area contributed by atoms with E-state index in [1.54, 1.807) is 6.20 Å². The summed E-state index contributed by atoms with van der Waals surface area (Å²) in [6.07, 6.45) is 4.93. The van der Waals surface area contributed by atoms with Gasteiger partial charge in [0.25, 0.3) is 0 Å². The monoisotopic (exact) mass is 402 g/mol. The molecule has 30 heavy (non-hydrogen) atoms. The van der Waals surface area contributed by atoms with Gasteiger partial charge in [0.05, 0.1) is 17.2 Å². The lowest BCUT2D eigenvalue weighted by atomic mass is 9.92. The molecule has 6 heteroatoms. The van der Waals surface area contributed by atoms with Crippen molar-refractivity contribution < 1.29 is 9.53 Å². The lowest BCUT2D eigenvalue weighted by Gasteiger charge is -2.29. The molecule has 0 atom stereocenters. The van der Waals surface area contributed by atoms with E-state index in [2.05, 4.69) is 21.4 Å². The highest BCUT2D eigenvalue weighted by Gasteiger charge is 2.26. The van der Waals surface area contributed by atoms with E-state index in [0.29, 0.717) is 5.57 Å². The zero-order valence-electron chi connectivity index (χ0n) is 17.9. The Morgan fingerprint density at radius 1 is 1.13 bits per heavy atom. The van der Waals surface area contributed by atoms with Gasteiger partial charge >= 0.3 is 6.09 Å². The van der Waals surface area contributed by atoms with E-state index in [1.807, 2.05) is 83.3 Å². The summed E-state index contributed by atoms with van der Waals surface area (Å²) in [6, 6.07) is 13.7. The Balaban J connectivity index is 1.84. The van der Waals surface area contributed by atoms with Crippen LogP contribution in [0, 0.1) is 11.3 Å². The average molecular weight is 402 g/mol. The number of aromatic nitrogens is 2. The lowest BCUT2D eigenvalue weighted by molar-refractivity contribution is 0.0470. The van der Waals surface area contributed by atoms with Crippen LogP contribution in [-0.2, 0) is 10.3 Å². The molecule has 0 aliphatic heterocycles. The molecule has 1 amide bonds. The molecule has 0 saturated heterocycles. The minimum Gasteiger partial charge on any atom is -0.444 e. The van der Waals surface area contributed by atoms with Crippen LogP contribution in [-0.4, -0.2) is 21.7 Å². The Morgan fingerprint density at radius 3 is 2.47 bits per heavy atom. The van der Waals surface area contributed by atoms with E-state index in [9.17, 15) is 10.1 Å². The largest absolute Gasteiger partial charge is 0.444 e. The highest BCUT2D eigenvalue weighted by molar-refractivity contribution is 5.96. The van der Waals surface area contributed by atoms with Gasteiger partial charge in [0.2, 0.25) is 0 Å². The van der Waals surface area contributed by atoms with Gasteiger partial charge < -0.3 is 15.0 Å². The summed E-state index contributed by atoms with van der Waals surface area (Å²) >= 11 is 0. The minimum absolute atomic E-state index is 0.470. The van der Waals surface area contributed by atoms with Crippen LogP contribution in [0.1, 0.15) is 51.3 Å². The highest BCUT2D eigenvalue weighted by Crippen LogP contribution is 2.26. The van der Waals surface area contributed by atoms with Crippen molar-refractivity contribution in [3.63, 3.8) is 0 Å². The molecule has 0 unspecified atom stereocenters. The Morgan fingerprint density at radius 2 is 1.83 bits per heavy atom. The summed E-state index contributed by atoms with van der Waals surface area (Å²) in [7, 11) is 0. The smallest absolute Gasteiger partial charge is 0.408 e. The predicted molar refractivity (Wildman–Crippen MR) is 118 cm³/mol. The molecule has 0 aliphatic rings. The van der Waals surface area contributed by atoms with Gasteiger partial charge in [0.1, 0.15) is 11.2 Å². The number of carbonyl (C=O) groups excluding carboxylic acids is 1. The van der Waals surface area contributed by atoms with E-state index in [1.165, 1.54) is 0 Å². The molecule has 6 nitrogen and oxygen atoms in total. The van der Waals surface area contributed by atoms with E-state index in [-0.39, 0.29) is 0 Å². The first-order valence-corrected chi connectivity index (χ1v) is 9.75. The van der Waals surface area contributed by atoms with Crippen LogP contribution < -0.4 is 5.32 Å². The van der Waals surface area contributed by atoms with Crippen molar-refractivity contribution in [1.29, 1.82) is 5.26 Å². The zero-order valence-corrected chi connectivity index (χ0v) is 17.9. The highest BCUT2D eigenvalue weighted by atomic mass is 16.6. The number of hydrogen-bond donors (Lipinski definition) is 2. The van der Waals surface area contributed by atoms with Crippen molar-refractivity contribution in [3.8, 4) is 6.07 Å². The van der Waals surface area contributed by atoms with Crippen molar-refractivity contribution >= 4 is 28.8 Å². The Hall–Kier alpha value is -3.59. The number of carbonyl (C=O) groups is 1. The molecule has 2 heterocycles. The predicted octanol–water partition coefficient (Wildman–Crippen LogP) is 5.39. The summed E-state index contributed by atoms with van der Waals surface area (Å²) in [5.41, 5.74) is 2.78. The second kappa shape index (κ2) is 8.03. The number of rotatable bonds is 4. The van der Waals surface area contributed by atoms with Crippen molar-refractivity contribution in [2.24, 2.45) is 0 Å².